The summed E-state index contributed by atoms with van der Waals surface area (Å²) in [4.78, 5) is 11.1. The molecule has 0 saturated carbocycles. The van der Waals surface area contributed by atoms with Crippen LogP contribution in [0.5, 0.6) is 0 Å². The number of nitrogens with zero attached hydrogens (tertiary/aromatic N) is 1. The number of aromatic nitrogens is 1. The van der Waals surface area contributed by atoms with Crippen LogP contribution in [-0.2, 0) is 16.0 Å². The first-order chi connectivity index (χ1) is 12.3. The highest BCUT2D eigenvalue weighted by atomic mass is 16.6. The molecule has 0 radical (unpaired) electrons. The van der Waals surface area contributed by atoms with Crippen molar-refractivity contribution >= 4 is 16.9 Å². The Bertz CT molecular complexity index is 791. The molecule has 1 aliphatic rings. The third-order valence-electron chi connectivity index (χ3n) is 4.72. The lowest BCUT2D eigenvalue weighted by Gasteiger charge is -2.40. The highest BCUT2D eigenvalue weighted by Crippen LogP contribution is 2.33. The molecule has 7 N–H and O–H groups in total. The van der Waals surface area contributed by atoms with Gasteiger partial charge in [0, 0.05) is 18.0 Å². The van der Waals surface area contributed by atoms with Gasteiger partial charge < -0.3 is 40.6 Å². The molecule has 1 saturated heterocycles. The van der Waals surface area contributed by atoms with E-state index in [-0.39, 0.29) is 6.42 Å². The lowest BCUT2D eigenvalue weighted by Crippen LogP contribution is -2.56. The van der Waals surface area contributed by atoms with Crippen LogP contribution in [-0.4, -0.2) is 73.1 Å². The standard InChI is InChI=1S/C17H22N2O7/c18-10(17(24)25)5-8-6-19(11-4-2-1-3-9(8)11)16-15(23)14(22)13(21)12(7-20)26-16/h1-4,6,10,12-16,20-23H,5,7,18H2,(H,24,25)/t10-,12+,13+,14-,15+,16?/m0/s1. The molecular formula is C17H22N2O7. The number of rotatable bonds is 5. The smallest absolute Gasteiger partial charge is 0.320 e. The van der Waals surface area contributed by atoms with Crippen LogP contribution in [0.15, 0.2) is 30.5 Å². The number of ether oxygens (including phenoxy) is 1. The van der Waals surface area contributed by atoms with Crippen molar-refractivity contribution in [1.29, 1.82) is 0 Å². The quantitative estimate of drug-likeness (QED) is 0.376. The Morgan fingerprint density at radius 3 is 2.54 bits per heavy atom. The van der Waals surface area contributed by atoms with Crippen molar-refractivity contribution in [2.75, 3.05) is 6.61 Å². The monoisotopic (exact) mass is 366 g/mol. The van der Waals surface area contributed by atoms with Crippen LogP contribution in [0, 0.1) is 0 Å². The third kappa shape index (κ3) is 3.20. The van der Waals surface area contributed by atoms with E-state index in [0.717, 1.165) is 5.39 Å². The molecule has 9 nitrogen and oxygen atoms in total. The van der Waals surface area contributed by atoms with E-state index in [1.807, 2.05) is 0 Å². The number of benzene rings is 1. The molecule has 2 aromatic rings. The van der Waals surface area contributed by atoms with Crippen LogP contribution in [0.4, 0.5) is 0 Å². The van der Waals surface area contributed by atoms with Crippen LogP contribution < -0.4 is 5.73 Å². The summed E-state index contributed by atoms with van der Waals surface area (Å²) in [6.45, 7) is -0.530. The molecule has 1 aromatic carbocycles. The van der Waals surface area contributed by atoms with Gasteiger partial charge in [-0.05, 0) is 11.6 Å². The number of aliphatic carboxylic acids is 1. The van der Waals surface area contributed by atoms with E-state index in [9.17, 15) is 25.2 Å². The van der Waals surface area contributed by atoms with Gasteiger partial charge >= 0.3 is 5.97 Å². The minimum Gasteiger partial charge on any atom is -0.480 e. The maximum atomic E-state index is 11.1. The number of hydrogen-bond acceptors (Lipinski definition) is 7. The lowest BCUT2D eigenvalue weighted by atomic mass is 9.98. The zero-order chi connectivity index (χ0) is 19.0. The van der Waals surface area contributed by atoms with Gasteiger partial charge in [0.05, 0.1) is 12.1 Å². The summed E-state index contributed by atoms with van der Waals surface area (Å²) in [6, 6.07) is 6.01. The van der Waals surface area contributed by atoms with Crippen LogP contribution in [0.3, 0.4) is 0 Å². The Labute approximate surface area is 148 Å². The topological polar surface area (TPSA) is 158 Å². The number of aliphatic hydroxyl groups excluding tert-OH is 4. The normalized spacial score (nSPS) is 30.4. The van der Waals surface area contributed by atoms with E-state index in [1.165, 1.54) is 0 Å². The fourth-order valence-corrected chi connectivity index (χ4v) is 3.29. The van der Waals surface area contributed by atoms with E-state index in [1.54, 1.807) is 35.0 Å². The van der Waals surface area contributed by atoms with Crippen molar-refractivity contribution in [3.63, 3.8) is 0 Å². The van der Waals surface area contributed by atoms with Gasteiger partial charge in [0.2, 0.25) is 0 Å². The average Bonchev–Trinajstić information content (AvgIpc) is 2.98. The third-order valence-corrected chi connectivity index (χ3v) is 4.72. The summed E-state index contributed by atoms with van der Waals surface area (Å²) in [5.41, 5.74) is 6.93. The molecule has 26 heavy (non-hydrogen) atoms. The average molecular weight is 366 g/mol. The van der Waals surface area contributed by atoms with Crippen molar-refractivity contribution in [3.8, 4) is 0 Å². The van der Waals surface area contributed by atoms with Crippen LogP contribution in [0.1, 0.15) is 11.8 Å². The van der Waals surface area contributed by atoms with E-state index < -0.39 is 49.3 Å². The number of nitrogens with two attached hydrogens (primary N) is 1. The Balaban J connectivity index is 2.03. The van der Waals surface area contributed by atoms with E-state index in [4.69, 9.17) is 15.6 Å². The molecule has 1 unspecified atom stereocenters. The summed E-state index contributed by atoms with van der Waals surface area (Å²) in [7, 11) is 0. The zero-order valence-electron chi connectivity index (χ0n) is 13.8. The number of aliphatic hydroxyl groups is 4. The first-order valence-electron chi connectivity index (χ1n) is 8.22. The van der Waals surface area contributed by atoms with Crippen LogP contribution in [0.2, 0.25) is 0 Å². The molecule has 3 rings (SSSR count). The second-order valence-electron chi connectivity index (χ2n) is 6.45. The number of carboxylic acids is 1. The maximum Gasteiger partial charge on any atom is 0.320 e. The highest BCUT2D eigenvalue weighted by Gasteiger charge is 2.44. The molecule has 0 aliphatic carbocycles. The molecule has 0 spiro atoms. The summed E-state index contributed by atoms with van der Waals surface area (Å²) in [5, 5.41) is 49.5. The summed E-state index contributed by atoms with van der Waals surface area (Å²) in [5.74, 6) is -1.13. The zero-order valence-corrected chi connectivity index (χ0v) is 13.8. The number of carbonyl (C=O) groups is 1. The van der Waals surface area contributed by atoms with Gasteiger partial charge in [-0.1, -0.05) is 18.2 Å². The number of fused-ring (bicyclic) bond motifs is 1. The molecule has 0 amide bonds. The van der Waals surface area contributed by atoms with E-state index >= 15 is 0 Å². The SMILES string of the molecule is N[C@@H](Cc1cn(C2O[C@H](CO)[C@@H](O)[C@H](O)[C@H]2O)c2ccccc12)C(=O)O. The molecule has 0 bridgehead atoms. The van der Waals surface area contributed by atoms with Gasteiger partial charge in [-0.15, -0.1) is 0 Å². The first-order valence-corrected chi connectivity index (χ1v) is 8.22. The van der Waals surface area contributed by atoms with E-state index in [0.29, 0.717) is 11.1 Å². The molecule has 1 fully saturated rings. The van der Waals surface area contributed by atoms with Crippen LogP contribution >= 0.6 is 0 Å². The summed E-state index contributed by atoms with van der Waals surface area (Å²) < 4.78 is 7.15. The maximum absolute atomic E-state index is 11.1. The predicted octanol–water partition coefficient (Wildman–Crippen LogP) is -1.43. The Kier molecular flexibility index (Phi) is 5.28. The highest BCUT2D eigenvalue weighted by molar-refractivity contribution is 5.85. The first kappa shape index (κ1) is 18.8. The molecule has 1 aromatic heterocycles. The minimum absolute atomic E-state index is 0.0697. The number of para-hydroxylation sites is 1. The Hall–Kier alpha value is -2.01. The van der Waals surface area contributed by atoms with Crippen LogP contribution in [0.25, 0.3) is 10.9 Å². The molecule has 2 heterocycles. The molecule has 6 atom stereocenters. The van der Waals surface area contributed by atoms with Gasteiger partial charge in [-0.2, -0.15) is 0 Å². The van der Waals surface area contributed by atoms with Gasteiger partial charge in [-0.25, -0.2) is 0 Å². The summed E-state index contributed by atoms with van der Waals surface area (Å²) >= 11 is 0. The second-order valence-corrected chi connectivity index (χ2v) is 6.45. The number of hydrogen-bond donors (Lipinski definition) is 6. The van der Waals surface area contributed by atoms with Crippen molar-refractivity contribution in [2.45, 2.75) is 43.1 Å². The largest absolute Gasteiger partial charge is 0.480 e. The molecule has 1 aliphatic heterocycles. The van der Waals surface area contributed by atoms with Crippen molar-refractivity contribution in [3.05, 3.63) is 36.0 Å². The number of carboxylic acid groups (broad SMARTS) is 1. The Morgan fingerprint density at radius 1 is 1.19 bits per heavy atom. The fourth-order valence-electron chi connectivity index (χ4n) is 3.29. The predicted molar refractivity (Wildman–Crippen MR) is 90.3 cm³/mol. The fraction of sp³-hybridized carbons (Fsp3) is 0.471. The van der Waals surface area contributed by atoms with E-state index in [2.05, 4.69) is 0 Å². The molecule has 9 heteroatoms. The van der Waals surface area contributed by atoms with Gasteiger partial charge in [0.1, 0.15) is 30.5 Å². The summed E-state index contributed by atoms with van der Waals surface area (Å²) in [6.07, 6.45) is -4.82. The second kappa shape index (κ2) is 7.31. The minimum atomic E-state index is -1.50. The van der Waals surface area contributed by atoms with Gasteiger partial charge in [0.25, 0.3) is 0 Å². The lowest BCUT2D eigenvalue weighted by molar-refractivity contribution is -0.250. The van der Waals surface area contributed by atoms with Gasteiger partial charge in [0.15, 0.2) is 6.23 Å². The van der Waals surface area contributed by atoms with Crippen molar-refractivity contribution < 1.29 is 35.1 Å². The molecule has 142 valence electrons. The van der Waals surface area contributed by atoms with Crippen molar-refractivity contribution in [1.82, 2.24) is 4.57 Å². The van der Waals surface area contributed by atoms with Crippen molar-refractivity contribution in [2.24, 2.45) is 5.73 Å². The van der Waals surface area contributed by atoms with Gasteiger partial charge in [-0.3, -0.25) is 4.79 Å². The Morgan fingerprint density at radius 2 is 1.88 bits per heavy atom. The molecular weight excluding hydrogens is 344 g/mol.